The lowest BCUT2D eigenvalue weighted by molar-refractivity contribution is 0.667. The van der Waals surface area contributed by atoms with Crippen molar-refractivity contribution >= 4 is 55.5 Å². The zero-order valence-electron chi connectivity index (χ0n) is 26.9. The van der Waals surface area contributed by atoms with Crippen molar-refractivity contribution in [3.63, 3.8) is 0 Å². The van der Waals surface area contributed by atoms with E-state index in [1.807, 2.05) is 60.7 Å². The van der Waals surface area contributed by atoms with Gasteiger partial charge in [0.2, 0.25) is 0 Å². The summed E-state index contributed by atoms with van der Waals surface area (Å²) in [5, 5.41) is 7.81. The summed E-state index contributed by atoms with van der Waals surface area (Å²) in [4.78, 5) is 10.5. The number of hydrogen-bond acceptors (Lipinski definition) is 5. The van der Waals surface area contributed by atoms with Crippen molar-refractivity contribution in [1.29, 1.82) is 0 Å². The lowest BCUT2D eigenvalue weighted by Gasteiger charge is -2.24. The highest BCUT2D eigenvalue weighted by molar-refractivity contribution is 6.23. The van der Waals surface area contributed by atoms with E-state index >= 15 is 0 Å². The number of furan rings is 2. The van der Waals surface area contributed by atoms with Crippen LogP contribution in [0.15, 0.2) is 183 Å². The van der Waals surface area contributed by atoms with Crippen LogP contribution in [0, 0.1) is 0 Å². The van der Waals surface area contributed by atoms with Crippen LogP contribution in [-0.4, -0.2) is 11.7 Å². The van der Waals surface area contributed by atoms with E-state index in [1.54, 1.807) is 0 Å². The molecule has 7 aromatic carbocycles. The van der Waals surface area contributed by atoms with Crippen molar-refractivity contribution < 1.29 is 8.83 Å². The Bertz CT molecular complexity index is 2770. The van der Waals surface area contributed by atoms with Gasteiger partial charge in [0.1, 0.15) is 34.3 Å². The highest BCUT2D eigenvalue weighted by atomic mass is 16.3. The minimum Gasteiger partial charge on any atom is -0.456 e. The van der Waals surface area contributed by atoms with Gasteiger partial charge in [-0.25, -0.2) is 9.98 Å². The Balaban J connectivity index is 1.19. The SMILES string of the molecule is c1ccc(C2=NC(c3cc(-c4cccc5c4oc4ccccc45)cc4oc5ccccc5c34)=NC(c3ccc(-c4ccccc4)cc3)N2)cc1. The molecule has 10 rings (SSSR count). The molecule has 3 heterocycles. The predicted octanol–water partition coefficient (Wildman–Crippen LogP) is 11.3. The summed E-state index contributed by atoms with van der Waals surface area (Å²) in [6, 6.07) is 56.2. The molecular weight excluding hydrogens is 615 g/mol. The van der Waals surface area contributed by atoms with E-state index in [-0.39, 0.29) is 6.17 Å². The van der Waals surface area contributed by atoms with E-state index in [1.165, 1.54) is 5.56 Å². The molecule has 50 heavy (non-hydrogen) atoms. The topological polar surface area (TPSA) is 63.0 Å². The summed E-state index contributed by atoms with van der Waals surface area (Å²) in [6.45, 7) is 0. The van der Waals surface area contributed by atoms with Crippen LogP contribution >= 0.6 is 0 Å². The van der Waals surface area contributed by atoms with Crippen molar-refractivity contribution in [3.8, 4) is 22.3 Å². The van der Waals surface area contributed by atoms with Gasteiger partial charge < -0.3 is 14.2 Å². The Morgan fingerprint density at radius 3 is 1.88 bits per heavy atom. The van der Waals surface area contributed by atoms with E-state index in [0.29, 0.717) is 5.84 Å². The first-order valence-corrected chi connectivity index (χ1v) is 16.8. The number of amidine groups is 2. The summed E-state index contributed by atoms with van der Waals surface area (Å²) in [7, 11) is 0. The van der Waals surface area contributed by atoms with E-state index in [2.05, 4.69) is 108 Å². The molecule has 0 spiro atoms. The number of fused-ring (bicyclic) bond motifs is 6. The molecular formula is C45H29N3O2. The van der Waals surface area contributed by atoms with Gasteiger partial charge in [-0.3, -0.25) is 0 Å². The van der Waals surface area contributed by atoms with Gasteiger partial charge in [0, 0.05) is 38.2 Å². The Labute approximate surface area is 287 Å². The number of nitrogens with zero attached hydrogens (tertiary/aromatic N) is 2. The van der Waals surface area contributed by atoms with Crippen molar-refractivity contribution in [2.45, 2.75) is 6.17 Å². The lowest BCUT2D eigenvalue weighted by Crippen LogP contribution is -2.33. The van der Waals surface area contributed by atoms with Crippen LogP contribution in [0.4, 0.5) is 0 Å². The second-order valence-electron chi connectivity index (χ2n) is 12.6. The third-order valence-electron chi connectivity index (χ3n) is 9.56. The van der Waals surface area contributed by atoms with Crippen LogP contribution in [-0.2, 0) is 0 Å². The minimum absolute atomic E-state index is 0.363. The maximum absolute atomic E-state index is 6.55. The first kappa shape index (κ1) is 28.3. The number of hydrogen-bond donors (Lipinski definition) is 1. The molecule has 9 aromatic rings. The van der Waals surface area contributed by atoms with Gasteiger partial charge in [-0.15, -0.1) is 0 Å². The van der Waals surface area contributed by atoms with E-state index in [4.69, 9.17) is 18.8 Å². The maximum atomic E-state index is 6.55. The zero-order valence-corrected chi connectivity index (χ0v) is 26.9. The fourth-order valence-electron chi connectivity index (χ4n) is 7.13. The highest BCUT2D eigenvalue weighted by Gasteiger charge is 2.25. The van der Waals surface area contributed by atoms with Gasteiger partial charge in [-0.05, 0) is 46.5 Å². The van der Waals surface area contributed by atoms with E-state index in [9.17, 15) is 0 Å². The highest BCUT2D eigenvalue weighted by Crippen LogP contribution is 2.40. The zero-order chi connectivity index (χ0) is 33.0. The van der Waals surface area contributed by atoms with Crippen molar-refractivity contribution in [1.82, 2.24) is 5.32 Å². The van der Waals surface area contributed by atoms with Crippen LogP contribution in [0.3, 0.4) is 0 Å². The molecule has 5 heteroatoms. The number of para-hydroxylation sites is 3. The largest absolute Gasteiger partial charge is 0.456 e. The quantitative estimate of drug-likeness (QED) is 0.203. The van der Waals surface area contributed by atoms with E-state index < -0.39 is 0 Å². The molecule has 1 aliphatic rings. The van der Waals surface area contributed by atoms with Crippen LogP contribution in [0.25, 0.3) is 66.1 Å². The molecule has 1 unspecified atom stereocenters. The Morgan fingerprint density at radius 1 is 0.460 bits per heavy atom. The number of nitrogens with one attached hydrogen (secondary N) is 1. The van der Waals surface area contributed by atoms with Crippen LogP contribution in [0.5, 0.6) is 0 Å². The molecule has 1 N–H and O–H groups in total. The average molecular weight is 644 g/mol. The Hall–Kier alpha value is -6.72. The van der Waals surface area contributed by atoms with Gasteiger partial charge in [-0.2, -0.15) is 0 Å². The van der Waals surface area contributed by atoms with Crippen LogP contribution < -0.4 is 5.32 Å². The summed E-state index contributed by atoms with van der Waals surface area (Å²) < 4.78 is 13.0. The summed E-state index contributed by atoms with van der Waals surface area (Å²) in [5.74, 6) is 1.40. The summed E-state index contributed by atoms with van der Waals surface area (Å²) in [6.07, 6.45) is -0.363. The molecule has 0 saturated carbocycles. The second kappa shape index (κ2) is 11.5. The first-order valence-electron chi connectivity index (χ1n) is 16.8. The van der Waals surface area contributed by atoms with Crippen molar-refractivity contribution in [2.24, 2.45) is 9.98 Å². The van der Waals surface area contributed by atoms with Gasteiger partial charge in [0.15, 0.2) is 5.84 Å². The van der Waals surface area contributed by atoms with Gasteiger partial charge in [-0.1, -0.05) is 140 Å². The molecule has 0 saturated heterocycles. The Kier molecular flexibility index (Phi) is 6.49. The molecule has 2 aromatic heterocycles. The smallest absolute Gasteiger partial charge is 0.160 e. The monoisotopic (exact) mass is 643 g/mol. The molecule has 0 fully saturated rings. The minimum atomic E-state index is -0.363. The predicted molar refractivity (Wildman–Crippen MR) is 204 cm³/mol. The average Bonchev–Trinajstić information content (AvgIpc) is 3.77. The molecule has 1 atom stereocenters. The number of benzene rings is 7. The van der Waals surface area contributed by atoms with Gasteiger partial charge in [0.05, 0.1) is 0 Å². The molecule has 0 bridgehead atoms. The third kappa shape index (κ3) is 4.71. The fourth-order valence-corrected chi connectivity index (χ4v) is 7.13. The normalized spacial score (nSPS) is 14.6. The molecule has 236 valence electrons. The van der Waals surface area contributed by atoms with Crippen molar-refractivity contribution in [2.75, 3.05) is 0 Å². The molecule has 0 aliphatic carbocycles. The van der Waals surface area contributed by atoms with Gasteiger partial charge >= 0.3 is 0 Å². The maximum Gasteiger partial charge on any atom is 0.160 e. The molecule has 5 nitrogen and oxygen atoms in total. The molecule has 0 radical (unpaired) electrons. The van der Waals surface area contributed by atoms with Gasteiger partial charge in [0.25, 0.3) is 0 Å². The summed E-state index contributed by atoms with van der Waals surface area (Å²) >= 11 is 0. The third-order valence-corrected chi connectivity index (χ3v) is 9.56. The van der Waals surface area contributed by atoms with Crippen LogP contribution in [0.2, 0.25) is 0 Å². The number of rotatable bonds is 5. The molecule has 0 amide bonds. The lowest BCUT2D eigenvalue weighted by atomic mass is 9.96. The first-order chi connectivity index (χ1) is 24.8. The Morgan fingerprint density at radius 2 is 1.10 bits per heavy atom. The van der Waals surface area contributed by atoms with E-state index in [0.717, 1.165) is 83.1 Å². The number of aliphatic imine (C=N–C) groups is 2. The summed E-state index contributed by atoms with van der Waals surface area (Å²) in [5.41, 5.74) is 10.5. The van der Waals surface area contributed by atoms with Crippen molar-refractivity contribution in [3.05, 3.63) is 180 Å². The standard InChI is InChI=1S/C45H29N3O2/c1-3-12-28(13-4-1)29-22-24-31(25-23-29)44-46-43(30-14-5-2-6-15-30)47-45(48-44)37-26-32(27-40-41(37)36-17-8-10-21-39(36)49-40)33-18-11-19-35-34-16-7-9-20-38(34)50-42(33)35/h1-27,44H,(H,46,47,48). The fraction of sp³-hybridized carbons (Fsp3) is 0.0222. The molecule has 1 aliphatic heterocycles. The van der Waals surface area contributed by atoms with Crippen LogP contribution in [0.1, 0.15) is 22.9 Å². The second-order valence-corrected chi connectivity index (χ2v) is 12.6.